The van der Waals surface area contributed by atoms with Crippen LogP contribution in [0.1, 0.15) is 24.0 Å². The van der Waals surface area contributed by atoms with Crippen LogP contribution in [0.4, 0.5) is 18.9 Å². The van der Waals surface area contributed by atoms with E-state index in [4.69, 9.17) is 0 Å². The van der Waals surface area contributed by atoms with E-state index in [0.29, 0.717) is 12.3 Å². The Bertz CT molecular complexity index is 979. The number of hydrogen-bond donors (Lipinski definition) is 1. The number of anilines is 1. The second-order valence-corrected chi connectivity index (χ2v) is 7.36. The molecular weight excluding hydrogens is 365 g/mol. The molecule has 1 N–H and O–H groups in total. The maximum atomic E-state index is 12.9. The van der Waals surface area contributed by atoms with Gasteiger partial charge in [0.1, 0.15) is 5.75 Å². The number of piperidine rings is 1. The van der Waals surface area contributed by atoms with Crippen molar-refractivity contribution in [2.24, 2.45) is 5.92 Å². The molecule has 0 bridgehead atoms. The van der Waals surface area contributed by atoms with E-state index in [1.54, 1.807) is 24.4 Å². The molecule has 28 heavy (non-hydrogen) atoms. The second-order valence-electron chi connectivity index (χ2n) is 7.36. The van der Waals surface area contributed by atoms with Gasteiger partial charge in [-0.3, -0.25) is 4.98 Å². The molecule has 3 nitrogen and oxygen atoms in total. The molecule has 1 aliphatic rings. The molecule has 6 heteroatoms. The van der Waals surface area contributed by atoms with E-state index >= 15 is 0 Å². The molecule has 2 heterocycles. The summed E-state index contributed by atoms with van der Waals surface area (Å²) in [7, 11) is 0. The Morgan fingerprint density at radius 2 is 1.82 bits per heavy atom. The molecule has 0 atom stereocenters. The van der Waals surface area contributed by atoms with E-state index in [0.717, 1.165) is 54.2 Å². The zero-order chi connectivity index (χ0) is 19.7. The van der Waals surface area contributed by atoms with Gasteiger partial charge in [-0.2, -0.15) is 13.2 Å². The van der Waals surface area contributed by atoms with Crippen molar-refractivity contribution in [2.45, 2.75) is 25.4 Å². The molecule has 146 valence electrons. The van der Waals surface area contributed by atoms with Crippen molar-refractivity contribution in [1.29, 1.82) is 0 Å². The van der Waals surface area contributed by atoms with E-state index in [2.05, 4.69) is 9.88 Å². The first-order chi connectivity index (χ1) is 13.4. The van der Waals surface area contributed by atoms with Crippen molar-refractivity contribution in [3.05, 3.63) is 65.9 Å². The molecule has 0 unspecified atom stereocenters. The van der Waals surface area contributed by atoms with Gasteiger partial charge in [-0.1, -0.05) is 18.2 Å². The third-order valence-corrected chi connectivity index (χ3v) is 5.44. The first-order valence-electron chi connectivity index (χ1n) is 9.39. The summed E-state index contributed by atoms with van der Waals surface area (Å²) in [4.78, 5) is 6.61. The number of benzene rings is 2. The molecule has 3 aromatic rings. The normalized spacial score (nSPS) is 15.9. The average Bonchev–Trinajstić information content (AvgIpc) is 2.67. The summed E-state index contributed by atoms with van der Waals surface area (Å²) in [5.41, 5.74) is 2.01. The number of rotatable bonds is 3. The predicted octanol–water partition coefficient (Wildman–Crippen LogP) is 5.42. The molecule has 1 aromatic heterocycles. The minimum absolute atomic E-state index is 0.192. The number of halogens is 3. The van der Waals surface area contributed by atoms with E-state index in [1.807, 2.05) is 12.1 Å². The maximum absolute atomic E-state index is 12.9. The SMILES string of the molecule is Oc1ccc2c(N3CCC(Cc4cccc(C(F)(F)F)c4)CC3)ccnc2c1. The number of pyridine rings is 1. The van der Waals surface area contributed by atoms with E-state index in [9.17, 15) is 18.3 Å². The third-order valence-electron chi connectivity index (χ3n) is 5.44. The molecule has 1 aliphatic heterocycles. The number of aromatic hydroxyl groups is 1. The van der Waals surface area contributed by atoms with Crippen LogP contribution in [0.3, 0.4) is 0 Å². The van der Waals surface area contributed by atoms with Crippen molar-refractivity contribution >= 4 is 16.6 Å². The van der Waals surface area contributed by atoms with Gasteiger partial charge in [-0.05, 0) is 55.0 Å². The van der Waals surface area contributed by atoms with Gasteiger partial charge < -0.3 is 10.0 Å². The highest BCUT2D eigenvalue weighted by Crippen LogP contribution is 2.33. The number of nitrogens with zero attached hydrogens (tertiary/aromatic N) is 2. The van der Waals surface area contributed by atoms with Crippen LogP contribution in [0, 0.1) is 5.92 Å². The number of alkyl halides is 3. The predicted molar refractivity (Wildman–Crippen MR) is 103 cm³/mol. The lowest BCUT2D eigenvalue weighted by atomic mass is 9.89. The minimum atomic E-state index is -4.30. The van der Waals surface area contributed by atoms with Crippen molar-refractivity contribution in [3.63, 3.8) is 0 Å². The standard InChI is InChI=1S/C22H21F3N2O/c23-22(24,25)17-3-1-2-16(13-17)12-15-7-10-27(11-8-15)21-6-9-26-20-14-18(28)4-5-19(20)21/h1-6,9,13-15,28H,7-8,10-12H2. The fraction of sp³-hybridized carbons (Fsp3) is 0.318. The Balaban J connectivity index is 1.44. The molecule has 1 saturated heterocycles. The lowest BCUT2D eigenvalue weighted by Gasteiger charge is -2.34. The summed E-state index contributed by atoms with van der Waals surface area (Å²) in [6.07, 6.45) is -0.0267. The van der Waals surface area contributed by atoms with Crippen LogP contribution in [-0.4, -0.2) is 23.2 Å². The number of phenolic OH excluding ortho intramolecular Hbond substituents is 1. The van der Waals surface area contributed by atoms with E-state index in [1.165, 1.54) is 12.1 Å². The van der Waals surface area contributed by atoms with E-state index < -0.39 is 11.7 Å². The third kappa shape index (κ3) is 3.91. The molecule has 0 aliphatic carbocycles. The Hall–Kier alpha value is -2.76. The highest BCUT2D eigenvalue weighted by molar-refractivity contribution is 5.92. The monoisotopic (exact) mass is 386 g/mol. The maximum Gasteiger partial charge on any atom is 0.416 e. The van der Waals surface area contributed by atoms with Crippen LogP contribution in [0.25, 0.3) is 10.9 Å². The zero-order valence-corrected chi connectivity index (χ0v) is 15.3. The Labute approximate surface area is 161 Å². The highest BCUT2D eigenvalue weighted by Gasteiger charge is 2.30. The van der Waals surface area contributed by atoms with Gasteiger partial charge in [-0.15, -0.1) is 0 Å². The lowest BCUT2D eigenvalue weighted by Crippen LogP contribution is -2.34. The Kier molecular flexibility index (Phi) is 4.87. The molecule has 0 radical (unpaired) electrons. The van der Waals surface area contributed by atoms with Gasteiger partial charge in [0.05, 0.1) is 11.1 Å². The van der Waals surface area contributed by atoms with Crippen LogP contribution < -0.4 is 4.90 Å². The van der Waals surface area contributed by atoms with Crippen molar-refractivity contribution in [1.82, 2.24) is 4.98 Å². The van der Waals surface area contributed by atoms with Gasteiger partial charge in [0.15, 0.2) is 0 Å². The summed E-state index contributed by atoms with van der Waals surface area (Å²) in [5.74, 6) is 0.564. The number of aromatic nitrogens is 1. The number of fused-ring (bicyclic) bond motifs is 1. The van der Waals surface area contributed by atoms with Crippen LogP contribution in [-0.2, 0) is 12.6 Å². The van der Waals surface area contributed by atoms with Crippen molar-refractivity contribution in [2.75, 3.05) is 18.0 Å². The van der Waals surface area contributed by atoms with Crippen molar-refractivity contribution in [3.8, 4) is 5.75 Å². The summed E-state index contributed by atoms with van der Waals surface area (Å²) in [5, 5.41) is 10.6. The fourth-order valence-corrected chi connectivity index (χ4v) is 3.98. The van der Waals surface area contributed by atoms with Crippen LogP contribution in [0.2, 0.25) is 0 Å². The van der Waals surface area contributed by atoms with Crippen LogP contribution >= 0.6 is 0 Å². The van der Waals surface area contributed by atoms with Gasteiger partial charge in [-0.25, -0.2) is 0 Å². The van der Waals surface area contributed by atoms with Crippen molar-refractivity contribution < 1.29 is 18.3 Å². The van der Waals surface area contributed by atoms with Gasteiger partial charge in [0.25, 0.3) is 0 Å². The van der Waals surface area contributed by atoms with Crippen LogP contribution in [0.15, 0.2) is 54.7 Å². The molecule has 4 rings (SSSR count). The minimum Gasteiger partial charge on any atom is -0.508 e. The van der Waals surface area contributed by atoms with E-state index in [-0.39, 0.29) is 5.75 Å². The first-order valence-corrected chi connectivity index (χ1v) is 9.39. The topological polar surface area (TPSA) is 36.4 Å². The quantitative estimate of drug-likeness (QED) is 0.653. The largest absolute Gasteiger partial charge is 0.508 e. The smallest absolute Gasteiger partial charge is 0.416 e. The summed E-state index contributed by atoms with van der Waals surface area (Å²) in [6, 6.07) is 12.8. The average molecular weight is 386 g/mol. The molecule has 0 amide bonds. The lowest BCUT2D eigenvalue weighted by molar-refractivity contribution is -0.137. The van der Waals surface area contributed by atoms with Crippen LogP contribution in [0.5, 0.6) is 5.75 Å². The fourth-order valence-electron chi connectivity index (χ4n) is 3.98. The molecule has 0 saturated carbocycles. The first kappa shape index (κ1) is 18.6. The summed E-state index contributed by atoms with van der Waals surface area (Å²) >= 11 is 0. The molecular formula is C22H21F3N2O. The number of hydrogen-bond acceptors (Lipinski definition) is 3. The molecule has 1 fully saturated rings. The zero-order valence-electron chi connectivity index (χ0n) is 15.3. The van der Waals surface area contributed by atoms with Gasteiger partial charge >= 0.3 is 6.18 Å². The Morgan fingerprint density at radius 1 is 1.04 bits per heavy atom. The summed E-state index contributed by atoms with van der Waals surface area (Å²) < 4.78 is 38.7. The van der Waals surface area contributed by atoms with Gasteiger partial charge in [0, 0.05) is 36.4 Å². The number of phenols is 1. The second kappa shape index (κ2) is 7.34. The molecule has 0 spiro atoms. The van der Waals surface area contributed by atoms with Gasteiger partial charge in [0.2, 0.25) is 0 Å². The highest BCUT2D eigenvalue weighted by atomic mass is 19.4. The molecule has 2 aromatic carbocycles. The summed E-state index contributed by atoms with van der Waals surface area (Å²) in [6.45, 7) is 1.70. The Morgan fingerprint density at radius 3 is 2.57 bits per heavy atom.